The quantitative estimate of drug-likeness (QED) is 0.854. The standard InChI is InChI=1S/C19H28N4O2/c1-20-18(25)19(9-3-2-4-10-19)22-17(24)16(23-12-5-6-13-23)15-8-7-11-21-14-15/h7-8,11,14,16H,2-6,9-10,12-13H2,1H3,(H,20,25)(H,22,24). The number of nitrogens with one attached hydrogen (secondary N) is 2. The van der Waals surface area contributed by atoms with Crippen molar-refractivity contribution in [3.8, 4) is 0 Å². The van der Waals surface area contributed by atoms with Crippen LogP contribution in [-0.2, 0) is 9.59 Å². The number of carbonyl (C=O) groups is 2. The summed E-state index contributed by atoms with van der Waals surface area (Å²) in [5.74, 6) is -0.160. The molecule has 2 amide bonds. The summed E-state index contributed by atoms with van der Waals surface area (Å²) < 4.78 is 0. The predicted molar refractivity (Wildman–Crippen MR) is 95.8 cm³/mol. The molecule has 2 aliphatic rings. The lowest BCUT2D eigenvalue weighted by Crippen LogP contribution is -2.60. The summed E-state index contributed by atoms with van der Waals surface area (Å²) in [5.41, 5.74) is 0.120. The lowest BCUT2D eigenvalue weighted by Gasteiger charge is -2.38. The summed E-state index contributed by atoms with van der Waals surface area (Å²) >= 11 is 0. The van der Waals surface area contributed by atoms with Crippen LogP contribution in [0.5, 0.6) is 0 Å². The van der Waals surface area contributed by atoms with E-state index in [-0.39, 0.29) is 17.9 Å². The van der Waals surface area contributed by atoms with Crippen LogP contribution in [0.15, 0.2) is 24.5 Å². The van der Waals surface area contributed by atoms with Crippen LogP contribution in [0.2, 0.25) is 0 Å². The van der Waals surface area contributed by atoms with Crippen LogP contribution < -0.4 is 10.6 Å². The van der Waals surface area contributed by atoms with Crippen LogP contribution in [0.4, 0.5) is 0 Å². The van der Waals surface area contributed by atoms with Crippen LogP contribution in [0.1, 0.15) is 56.6 Å². The third kappa shape index (κ3) is 3.84. The fraction of sp³-hybridized carbons (Fsp3) is 0.632. The number of likely N-dealkylation sites (N-methyl/N-ethyl adjacent to an activating group) is 1. The molecule has 1 saturated carbocycles. The van der Waals surface area contributed by atoms with Crippen molar-refractivity contribution in [1.29, 1.82) is 0 Å². The maximum absolute atomic E-state index is 13.3. The molecule has 6 nitrogen and oxygen atoms in total. The summed E-state index contributed by atoms with van der Waals surface area (Å²) in [4.78, 5) is 32.2. The number of pyridine rings is 1. The molecule has 25 heavy (non-hydrogen) atoms. The molecule has 2 fully saturated rings. The van der Waals surface area contributed by atoms with Gasteiger partial charge in [0.15, 0.2) is 0 Å². The Morgan fingerprint density at radius 2 is 1.88 bits per heavy atom. The molecule has 3 rings (SSSR count). The highest BCUT2D eigenvalue weighted by Crippen LogP contribution is 2.31. The van der Waals surface area contributed by atoms with Crippen molar-refractivity contribution < 1.29 is 9.59 Å². The minimum atomic E-state index is -0.774. The van der Waals surface area contributed by atoms with Crippen molar-refractivity contribution in [3.63, 3.8) is 0 Å². The van der Waals surface area contributed by atoms with E-state index in [0.29, 0.717) is 12.8 Å². The second-order valence-electron chi connectivity index (χ2n) is 7.14. The first-order valence-corrected chi connectivity index (χ1v) is 9.34. The first-order valence-electron chi connectivity index (χ1n) is 9.34. The summed E-state index contributed by atoms with van der Waals surface area (Å²) in [6.07, 6.45) is 10.1. The number of carbonyl (C=O) groups excluding carboxylic acids is 2. The zero-order valence-electron chi connectivity index (χ0n) is 15.0. The molecule has 0 radical (unpaired) electrons. The van der Waals surface area contributed by atoms with E-state index in [2.05, 4.69) is 20.5 Å². The number of likely N-dealkylation sites (tertiary alicyclic amines) is 1. The molecular weight excluding hydrogens is 316 g/mol. The van der Waals surface area contributed by atoms with E-state index in [1.807, 2.05) is 12.1 Å². The van der Waals surface area contributed by atoms with Gasteiger partial charge in [0.05, 0.1) is 0 Å². The molecule has 1 aromatic heterocycles. The van der Waals surface area contributed by atoms with Gasteiger partial charge in [-0.3, -0.25) is 19.5 Å². The van der Waals surface area contributed by atoms with Crippen LogP contribution in [0.25, 0.3) is 0 Å². The summed E-state index contributed by atoms with van der Waals surface area (Å²) in [7, 11) is 1.64. The van der Waals surface area contributed by atoms with Gasteiger partial charge < -0.3 is 10.6 Å². The lowest BCUT2D eigenvalue weighted by molar-refractivity contribution is -0.137. The lowest BCUT2D eigenvalue weighted by atomic mass is 9.80. The van der Waals surface area contributed by atoms with E-state index in [4.69, 9.17) is 0 Å². The molecule has 1 saturated heterocycles. The highest BCUT2D eigenvalue weighted by atomic mass is 16.2. The van der Waals surface area contributed by atoms with Crippen molar-refractivity contribution >= 4 is 11.8 Å². The van der Waals surface area contributed by atoms with Gasteiger partial charge in [0.25, 0.3) is 0 Å². The molecule has 136 valence electrons. The Labute approximate surface area is 149 Å². The Morgan fingerprint density at radius 3 is 2.48 bits per heavy atom. The molecule has 6 heteroatoms. The summed E-state index contributed by atoms with van der Waals surface area (Å²) in [5, 5.41) is 5.89. The third-order valence-corrected chi connectivity index (χ3v) is 5.49. The number of amides is 2. The number of rotatable bonds is 5. The number of hydrogen-bond acceptors (Lipinski definition) is 4. The molecule has 1 aliphatic heterocycles. The van der Waals surface area contributed by atoms with Crippen LogP contribution in [0, 0.1) is 0 Å². The van der Waals surface area contributed by atoms with Gasteiger partial charge >= 0.3 is 0 Å². The molecule has 1 atom stereocenters. The Balaban J connectivity index is 1.85. The molecule has 1 unspecified atom stereocenters. The van der Waals surface area contributed by atoms with E-state index in [9.17, 15) is 9.59 Å². The summed E-state index contributed by atoms with van der Waals surface area (Å²) in [6, 6.07) is 3.43. The Kier molecular flexibility index (Phi) is 5.68. The first-order chi connectivity index (χ1) is 12.2. The van der Waals surface area contributed by atoms with Gasteiger partial charge in [0.1, 0.15) is 11.6 Å². The molecule has 1 aliphatic carbocycles. The number of nitrogens with zero attached hydrogens (tertiary/aromatic N) is 2. The Morgan fingerprint density at radius 1 is 1.16 bits per heavy atom. The fourth-order valence-corrected chi connectivity index (χ4v) is 4.17. The van der Waals surface area contributed by atoms with Crippen molar-refractivity contribution in [2.24, 2.45) is 0 Å². The highest BCUT2D eigenvalue weighted by Gasteiger charge is 2.42. The molecule has 2 heterocycles. The first kappa shape index (κ1) is 17.9. The van der Waals surface area contributed by atoms with Gasteiger partial charge in [-0.25, -0.2) is 0 Å². The van der Waals surface area contributed by atoms with Crippen molar-refractivity contribution in [3.05, 3.63) is 30.1 Å². The molecule has 0 bridgehead atoms. The van der Waals surface area contributed by atoms with Gasteiger partial charge in [-0.05, 0) is 50.4 Å². The van der Waals surface area contributed by atoms with Gasteiger partial charge in [-0.1, -0.05) is 25.3 Å². The number of hydrogen-bond donors (Lipinski definition) is 2. The van der Waals surface area contributed by atoms with Crippen LogP contribution in [0.3, 0.4) is 0 Å². The van der Waals surface area contributed by atoms with Crippen molar-refractivity contribution in [2.75, 3.05) is 20.1 Å². The molecule has 0 spiro atoms. The van der Waals surface area contributed by atoms with Gasteiger partial charge in [-0.2, -0.15) is 0 Å². The van der Waals surface area contributed by atoms with Crippen LogP contribution >= 0.6 is 0 Å². The molecule has 0 aromatic carbocycles. The van der Waals surface area contributed by atoms with Gasteiger partial charge in [0.2, 0.25) is 11.8 Å². The largest absolute Gasteiger partial charge is 0.357 e. The third-order valence-electron chi connectivity index (χ3n) is 5.49. The van der Waals surface area contributed by atoms with E-state index < -0.39 is 5.54 Å². The molecule has 2 N–H and O–H groups in total. The second-order valence-corrected chi connectivity index (χ2v) is 7.14. The average Bonchev–Trinajstić information content (AvgIpc) is 3.17. The van der Waals surface area contributed by atoms with Gasteiger partial charge in [-0.15, -0.1) is 0 Å². The maximum atomic E-state index is 13.3. The van der Waals surface area contributed by atoms with Crippen molar-refractivity contribution in [2.45, 2.75) is 56.5 Å². The zero-order chi connectivity index (χ0) is 17.7. The highest BCUT2D eigenvalue weighted by molar-refractivity contribution is 5.93. The van der Waals surface area contributed by atoms with E-state index in [0.717, 1.165) is 50.8 Å². The zero-order valence-corrected chi connectivity index (χ0v) is 15.0. The SMILES string of the molecule is CNC(=O)C1(NC(=O)C(c2cccnc2)N2CCCC2)CCCCC1. The second kappa shape index (κ2) is 7.95. The Hall–Kier alpha value is -1.95. The monoisotopic (exact) mass is 344 g/mol. The Bertz CT molecular complexity index is 593. The minimum absolute atomic E-state index is 0.0769. The molecular formula is C19H28N4O2. The summed E-state index contributed by atoms with van der Waals surface area (Å²) in [6.45, 7) is 1.81. The fourth-order valence-electron chi connectivity index (χ4n) is 4.17. The normalized spacial score (nSPS) is 21.5. The van der Waals surface area contributed by atoms with Gasteiger partial charge in [0, 0.05) is 19.4 Å². The minimum Gasteiger partial charge on any atom is -0.357 e. The van der Waals surface area contributed by atoms with E-state index >= 15 is 0 Å². The predicted octanol–water partition coefficient (Wildman–Crippen LogP) is 1.78. The maximum Gasteiger partial charge on any atom is 0.245 e. The van der Waals surface area contributed by atoms with E-state index in [1.165, 1.54) is 0 Å². The van der Waals surface area contributed by atoms with Crippen LogP contribution in [-0.4, -0.2) is 47.4 Å². The topological polar surface area (TPSA) is 74.3 Å². The molecule has 1 aromatic rings. The van der Waals surface area contributed by atoms with E-state index in [1.54, 1.807) is 19.4 Å². The average molecular weight is 344 g/mol. The number of aromatic nitrogens is 1. The van der Waals surface area contributed by atoms with Crippen molar-refractivity contribution in [1.82, 2.24) is 20.5 Å². The smallest absolute Gasteiger partial charge is 0.245 e.